The highest BCUT2D eigenvalue weighted by Crippen LogP contribution is 2.29. The summed E-state index contributed by atoms with van der Waals surface area (Å²) in [6, 6.07) is 5.39. The molecule has 1 aliphatic rings. The van der Waals surface area contributed by atoms with Gasteiger partial charge in [-0.25, -0.2) is 0 Å². The lowest BCUT2D eigenvalue weighted by Gasteiger charge is -2.16. The molecular weight excluding hydrogens is 316 g/mol. The van der Waals surface area contributed by atoms with E-state index in [1.165, 1.54) is 6.08 Å². The summed E-state index contributed by atoms with van der Waals surface area (Å²) in [6.45, 7) is 2.93. The molecule has 0 aliphatic carbocycles. The third kappa shape index (κ3) is 5.45. The Bertz CT molecular complexity index is 653. The molecule has 2 N–H and O–H groups in total. The minimum absolute atomic E-state index is 0.0306. The summed E-state index contributed by atoms with van der Waals surface area (Å²) in [6.07, 6.45) is 5.84. The van der Waals surface area contributed by atoms with Gasteiger partial charge in [0.05, 0.1) is 6.54 Å². The Morgan fingerprint density at radius 1 is 1.35 bits per heavy atom. The van der Waals surface area contributed by atoms with E-state index in [1.54, 1.807) is 12.1 Å². The molecule has 1 aliphatic heterocycles. The van der Waals surface area contributed by atoms with Gasteiger partial charge in [0.25, 0.3) is 0 Å². The highest BCUT2D eigenvalue weighted by atomic mass is 35.5. The molecule has 0 aromatic heterocycles. The molecule has 2 amide bonds. The summed E-state index contributed by atoms with van der Waals surface area (Å²) >= 11 is 5.95. The Balaban J connectivity index is 1.88. The van der Waals surface area contributed by atoms with Crippen molar-refractivity contribution in [2.24, 2.45) is 0 Å². The number of ether oxygens (including phenoxy) is 1. The monoisotopic (exact) mass is 334 g/mol. The zero-order valence-electron chi connectivity index (χ0n) is 12.9. The number of amides is 2. The number of fused-ring (bicyclic) bond motifs is 1. The summed E-state index contributed by atoms with van der Waals surface area (Å²) in [5.41, 5.74) is 1.73. The lowest BCUT2D eigenvalue weighted by atomic mass is 10.1. The van der Waals surface area contributed by atoms with Crippen molar-refractivity contribution in [3.63, 3.8) is 0 Å². The molecule has 2 rings (SSSR count). The van der Waals surface area contributed by atoms with E-state index in [4.69, 9.17) is 16.3 Å². The van der Waals surface area contributed by atoms with Gasteiger partial charge < -0.3 is 15.4 Å². The molecule has 23 heavy (non-hydrogen) atoms. The van der Waals surface area contributed by atoms with Gasteiger partial charge in [-0.3, -0.25) is 9.59 Å². The maximum Gasteiger partial charge on any atom is 0.244 e. The highest BCUT2D eigenvalue weighted by molar-refractivity contribution is 6.30. The van der Waals surface area contributed by atoms with E-state index in [1.807, 2.05) is 25.1 Å². The Morgan fingerprint density at radius 3 is 2.96 bits per heavy atom. The van der Waals surface area contributed by atoms with Crippen molar-refractivity contribution >= 4 is 29.5 Å². The van der Waals surface area contributed by atoms with Gasteiger partial charge in [-0.15, -0.1) is 0 Å². The van der Waals surface area contributed by atoms with Crippen molar-refractivity contribution in [3.8, 4) is 5.75 Å². The summed E-state index contributed by atoms with van der Waals surface area (Å²) in [7, 11) is 0. The van der Waals surface area contributed by atoms with Crippen LogP contribution in [-0.2, 0) is 9.59 Å². The molecule has 0 bridgehead atoms. The highest BCUT2D eigenvalue weighted by Gasteiger charge is 2.10. The molecule has 0 atom stereocenters. The molecule has 0 saturated carbocycles. The smallest absolute Gasteiger partial charge is 0.244 e. The second-order valence-corrected chi connectivity index (χ2v) is 5.53. The quantitative estimate of drug-likeness (QED) is 0.784. The van der Waals surface area contributed by atoms with Crippen LogP contribution in [0.15, 0.2) is 35.9 Å². The Morgan fingerprint density at radius 2 is 2.17 bits per heavy atom. The minimum atomic E-state index is -0.325. The summed E-state index contributed by atoms with van der Waals surface area (Å²) in [5.74, 6) is 0.246. The van der Waals surface area contributed by atoms with Crippen molar-refractivity contribution in [1.29, 1.82) is 0 Å². The molecule has 1 aromatic rings. The van der Waals surface area contributed by atoms with Gasteiger partial charge in [-0.05, 0) is 36.3 Å². The first-order chi connectivity index (χ1) is 11.1. The fraction of sp³-hybridized carbons (Fsp3) is 0.294. The predicted octanol–water partition coefficient (Wildman–Crippen LogP) is 2.31. The van der Waals surface area contributed by atoms with E-state index < -0.39 is 0 Å². The Labute approximate surface area is 140 Å². The number of carbonyl (C=O) groups excluding carboxylic acids is 2. The van der Waals surface area contributed by atoms with Crippen LogP contribution in [0.5, 0.6) is 5.75 Å². The number of benzene rings is 1. The van der Waals surface area contributed by atoms with Crippen LogP contribution in [0.25, 0.3) is 6.08 Å². The van der Waals surface area contributed by atoms with Gasteiger partial charge in [0, 0.05) is 23.2 Å². The van der Waals surface area contributed by atoms with Crippen LogP contribution < -0.4 is 15.4 Å². The van der Waals surface area contributed by atoms with Crippen LogP contribution in [0.3, 0.4) is 0 Å². The molecule has 1 heterocycles. The number of hydrogen-bond acceptors (Lipinski definition) is 3. The van der Waals surface area contributed by atoms with Gasteiger partial charge in [0.2, 0.25) is 11.8 Å². The van der Waals surface area contributed by atoms with Crippen LogP contribution in [-0.4, -0.2) is 31.5 Å². The van der Waals surface area contributed by atoms with Crippen LogP contribution in [0.2, 0.25) is 5.02 Å². The van der Waals surface area contributed by atoms with E-state index in [9.17, 15) is 9.59 Å². The van der Waals surface area contributed by atoms with Crippen LogP contribution in [0, 0.1) is 0 Å². The van der Waals surface area contributed by atoms with Gasteiger partial charge >= 0.3 is 0 Å². The SMILES string of the molecule is CCCNC(=O)CNC(=O)/C=C/C1=Cc2cc(Cl)ccc2OC1. The molecule has 5 nitrogen and oxygen atoms in total. The maximum atomic E-state index is 11.7. The predicted molar refractivity (Wildman–Crippen MR) is 90.4 cm³/mol. The number of nitrogens with one attached hydrogen (secondary N) is 2. The van der Waals surface area contributed by atoms with Crippen molar-refractivity contribution in [1.82, 2.24) is 10.6 Å². The first-order valence-electron chi connectivity index (χ1n) is 7.44. The van der Waals surface area contributed by atoms with Gasteiger partial charge in [-0.2, -0.15) is 0 Å². The van der Waals surface area contributed by atoms with Gasteiger partial charge in [0.15, 0.2) is 0 Å². The number of rotatable bonds is 6. The Hall–Kier alpha value is -2.27. The van der Waals surface area contributed by atoms with Gasteiger partial charge in [0.1, 0.15) is 12.4 Å². The molecule has 6 heteroatoms. The first-order valence-corrected chi connectivity index (χ1v) is 7.82. The number of carbonyl (C=O) groups is 2. The molecule has 0 saturated heterocycles. The zero-order chi connectivity index (χ0) is 16.7. The van der Waals surface area contributed by atoms with Crippen molar-refractivity contribution in [3.05, 3.63) is 46.5 Å². The molecule has 0 radical (unpaired) electrons. The average molecular weight is 335 g/mol. The van der Waals surface area contributed by atoms with E-state index in [2.05, 4.69) is 10.6 Å². The molecule has 122 valence electrons. The average Bonchev–Trinajstić information content (AvgIpc) is 2.55. The van der Waals surface area contributed by atoms with Crippen LogP contribution in [0.4, 0.5) is 0 Å². The topological polar surface area (TPSA) is 67.4 Å². The van der Waals surface area contributed by atoms with Crippen LogP contribution in [0.1, 0.15) is 18.9 Å². The minimum Gasteiger partial charge on any atom is -0.488 e. The van der Waals surface area contributed by atoms with Crippen molar-refractivity contribution in [2.75, 3.05) is 19.7 Å². The molecule has 0 spiro atoms. The largest absolute Gasteiger partial charge is 0.488 e. The Kier molecular flexibility index (Phi) is 6.23. The molecular formula is C17H19ClN2O3. The van der Waals surface area contributed by atoms with E-state index in [-0.39, 0.29) is 18.4 Å². The van der Waals surface area contributed by atoms with Crippen molar-refractivity contribution < 1.29 is 14.3 Å². The number of hydrogen-bond donors (Lipinski definition) is 2. The first kappa shape index (κ1) is 17.1. The standard InChI is InChI=1S/C17H19ClN2O3/c1-2-7-19-17(22)10-20-16(21)6-3-12-8-13-9-14(18)4-5-15(13)23-11-12/h3-6,8-9H,2,7,10-11H2,1H3,(H,19,22)(H,20,21)/b6-3+. The molecule has 0 unspecified atom stereocenters. The second-order valence-electron chi connectivity index (χ2n) is 5.09. The second kappa shape index (κ2) is 8.39. The zero-order valence-corrected chi connectivity index (χ0v) is 13.7. The van der Waals surface area contributed by atoms with Gasteiger partial charge in [-0.1, -0.05) is 24.6 Å². The summed E-state index contributed by atoms with van der Waals surface area (Å²) in [5, 5.41) is 5.85. The van der Waals surface area contributed by atoms with E-state index in [0.717, 1.165) is 23.3 Å². The third-order valence-electron chi connectivity index (χ3n) is 3.15. The fourth-order valence-electron chi connectivity index (χ4n) is 2.00. The maximum absolute atomic E-state index is 11.7. The lowest BCUT2D eigenvalue weighted by molar-refractivity contribution is -0.123. The summed E-state index contributed by atoms with van der Waals surface area (Å²) < 4.78 is 5.59. The third-order valence-corrected chi connectivity index (χ3v) is 3.39. The summed E-state index contributed by atoms with van der Waals surface area (Å²) in [4.78, 5) is 23.1. The number of halogens is 1. The van der Waals surface area contributed by atoms with Crippen molar-refractivity contribution in [2.45, 2.75) is 13.3 Å². The lowest BCUT2D eigenvalue weighted by Crippen LogP contribution is -2.36. The van der Waals surface area contributed by atoms with E-state index in [0.29, 0.717) is 18.2 Å². The molecule has 1 aromatic carbocycles. The fourth-order valence-corrected chi connectivity index (χ4v) is 2.18. The normalized spacial score (nSPS) is 13.0. The molecule has 0 fully saturated rings. The van der Waals surface area contributed by atoms with E-state index >= 15 is 0 Å². The van der Waals surface area contributed by atoms with Crippen LogP contribution >= 0.6 is 11.6 Å².